The Balaban J connectivity index is 1.18. The lowest BCUT2D eigenvalue weighted by molar-refractivity contribution is -0.123. The number of unbranched alkanes of at least 4 members (excludes halogenated alkanes) is 3. The number of carbonyl (C=O) groups excluding carboxylic acids is 2. The van der Waals surface area contributed by atoms with E-state index < -0.39 is 12.1 Å². The first-order valence-electron chi connectivity index (χ1n) is 16.2. The van der Waals surface area contributed by atoms with E-state index >= 15 is 0 Å². The van der Waals surface area contributed by atoms with Crippen molar-refractivity contribution in [3.05, 3.63) is 89.5 Å². The smallest absolute Gasteiger partial charge is 0.220 e. The van der Waals surface area contributed by atoms with Crippen LogP contribution in [0, 0.1) is 11.3 Å². The number of amides is 1. The zero-order chi connectivity index (χ0) is 32.6. The number of likely N-dealkylation sites (tertiary alicyclic amines) is 1. The number of nitrogens with one attached hydrogen (secondary N) is 1. The molecule has 2 atom stereocenters. The minimum Gasteiger partial charge on any atom is -0.497 e. The second-order valence-electron chi connectivity index (χ2n) is 11.6. The van der Waals surface area contributed by atoms with E-state index in [4.69, 9.17) is 19.5 Å². The number of rotatable bonds is 19. The van der Waals surface area contributed by atoms with Crippen LogP contribution in [0.1, 0.15) is 79.0 Å². The molecule has 1 saturated heterocycles. The number of aliphatic hydroxyl groups is 1. The predicted octanol–water partition coefficient (Wildman–Crippen LogP) is 5.86. The van der Waals surface area contributed by atoms with Gasteiger partial charge in [0.2, 0.25) is 5.91 Å². The molecule has 3 aromatic rings. The molecular formula is C37H45N3O6. The van der Waals surface area contributed by atoms with Gasteiger partial charge in [0, 0.05) is 24.9 Å². The standard InChI is InChI=1S/C37H45N3O6/c1-44-31-18-12-29(13-19-31)35(41)8-4-2-3-5-9-36(42)39-34(27-40-22-6-7-23-40)37(43)30-14-20-33(21-15-30)46-25-24-45-32-16-10-28(26-38)11-17-32/h10-21,34,37,43H,2-9,22-25,27H2,1H3,(H,39,42)/t34-,37-/m1/s1. The Morgan fingerprint density at radius 2 is 1.39 bits per heavy atom. The van der Waals surface area contributed by atoms with E-state index in [0.29, 0.717) is 60.8 Å². The highest BCUT2D eigenvalue weighted by molar-refractivity contribution is 5.96. The summed E-state index contributed by atoms with van der Waals surface area (Å²) in [4.78, 5) is 27.6. The fraction of sp³-hybridized carbons (Fsp3) is 0.432. The van der Waals surface area contributed by atoms with Crippen molar-refractivity contribution >= 4 is 11.7 Å². The van der Waals surface area contributed by atoms with Gasteiger partial charge in [-0.15, -0.1) is 0 Å². The monoisotopic (exact) mass is 627 g/mol. The van der Waals surface area contributed by atoms with E-state index in [-0.39, 0.29) is 11.7 Å². The summed E-state index contributed by atoms with van der Waals surface area (Å²) >= 11 is 0. The van der Waals surface area contributed by atoms with Gasteiger partial charge in [0.25, 0.3) is 0 Å². The van der Waals surface area contributed by atoms with Crippen molar-refractivity contribution < 1.29 is 28.9 Å². The van der Waals surface area contributed by atoms with E-state index in [1.807, 2.05) is 24.3 Å². The van der Waals surface area contributed by atoms with Crippen LogP contribution in [0.15, 0.2) is 72.8 Å². The van der Waals surface area contributed by atoms with Gasteiger partial charge in [-0.3, -0.25) is 9.59 Å². The average molecular weight is 628 g/mol. The van der Waals surface area contributed by atoms with Gasteiger partial charge in [0.05, 0.1) is 24.8 Å². The highest BCUT2D eigenvalue weighted by atomic mass is 16.5. The third kappa shape index (κ3) is 11.2. The SMILES string of the molecule is COc1ccc(C(=O)CCCCCCC(=O)N[C@H](CN2CCCC2)[C@H](O)c2ccc(OCCOc3ccc(C#N)cc3)cc2)cc1. The molecule has 1 aliphatic rings. The number of Topliss-reactive ketones (excluding diaryl/α,β-unsaturated/α-hetero) is 1. The molecular weight excluding hydrogens is 582 g/mol. The van der Waals surface area contributed by atoms with Crippen molar-refractivity contribution in [2.45, 2.75) is 63.5 Å². The predicted molar refractivity (Wildman–Crippen MR) is 176 cm³/mol. The molecule has 9 heteroatoms. The van der Waals surface area contributed by atoms with Gasteiger partial charge in [-0.2, -0.15) is 5.26 Å². The number of methoxy groups -OCH3 is 1. The van der Waals surface area contributed by atoms with Crippen LogP contribution in [-0.4, -0.2) is 67.7 Å². The molecule has 4 rings (SSSR count). The molecule has 9 nitrogen and oxygen atoms in total. The Hall–Kier alpha value is -4.39. The summed E-state index contributed by atoms with van der Waals surface area (Å²) < 4.78 is 16.6. The largest absolute Gasteiger partial charge is 0.497 e. The van der Waals surface area contributed by atoms with Gasteiger partial charge in [-0.25, -0.2) is 0 Å². The average Bonchev–Trinajstić information content (AvgIpc) is 3.61. The van der Waals surface area contributed by atoms with Gasteiger partial charge in [-0.05, 0) is 105 Å². The molecule has 0 aromatic heterocycles. The Labute approximate surface area is 272 Å². The first-order valence-corrected chi connectivity index (χ1v) is 16.2. The van der Waals surface area contributed by atoms with E-state index in [1.54, 1.807) is 55.6 Å². The van der Waals surface area contributed by atoms with Crippen LogP contribution in [0.2, 0.25) is 0 Å². The van der Waals surface area contributed by atoms with Gasteiger partial charge < -0.3 is 29.5 Å². The molecule has 1 amide bonds. The van der Waals surface area contributed by atoms with Crippen molar-refractivity contribution in [1.29, 1.82) is 5.26 Å². The van der Waals surface area contributed by atoms with Crippen LogP contribution in [0.5, 0.6) is 17.2 Å². The van der Waals surface area contributed by atoms with Gasteiger partial charge in [0.15, 0.2) is 5.78 Å². The van der Waals surface area contributed by atoms with E-state index in [9.17, 15) is 14.7 Å². The molecule has 0 spiro atoms. The van der Waals surface area contributed by atoms with Crippen LogP contribution in [-0.2, 0) is 4.79 Å². The molecule has 0 aliphatic carbocycles. The third-order valence-electron chi connectivity index (χ3n) is 8.18. The van der Waals surface area contributed by atoms with E-state index in [0.717, 1.165) is 57.4 Å². The molecule has 3 aromatic carbocycles. The number of nitriles is 1. The first-order chi connectivity index (χ1) is 22.4. The number of hydrogen-bond donors (Lipinski definition) is 2. The summed E-state index contributed by atoms with van der Waals surface area (Å²) in [6.45, 7) is 3.21. The lowest BCUT2D eigenvalue weighted by Crippen LogP contribution is -2.46. The van der Waals surface area contributed by atoms with E-state index in [1.165, 1.54) is 0 Å². The second kappa shape index (κ2) is 18.5. The van der Waals surface area contributed by atoms with Crippen LogP contribution >= 0.6 is 0 Å². The number of ketones is 1. The lowest BCUT2D eigenvalue weighted by atomic mass is 10.0. The number of hydrogen-bond acceptors (Lipinski definition) is 8. The highest BCUT2D eigenvalue weighted by Crippen LogP contribution is 2.23. The number of aliphatic hydroxyl groups excluding tert-OH is 1. The van der Waals surface area contributed by atoms with Crippen molar-refractivity contribution in [3.8, 4) is 23.3 Å². The molecule has 244 valence electrons. The maximum Gasteiger partial charge on any atom is 0.220 e. The zero-order valence-corrected chi connectivity index (χ0v) is 26.7. The van der Waals surface area contributed by atoms with Crippen LogP contribution < -0.4 is 19.5 Å². The Morgan fingerprint density at radius 1 is 0.826 bits per heavy atom. The molecule has 0 radical (unpaired) electrons. The molecule has 0 unspecified atom stereocenters. The second-order valence-corrected chi connectivity index (χ2v) is 11.6. The molecule has 1 aliphatic heterocycles. The first kappa shape index (κ1) is 34.5. The van der Waals surface area contributed by atoms with Gasteiger partial charge in [-0.1, -0.05) is 25.0 Å². The van der Waals surface area contributed by atoms with Crippen LogP contribution in [0.25, 0.3) is 0 Å². The Bertz CT molecular complexity index is 1400. The normalized spacial score (nSPS) is 14.2. The molecule has 0 bridgehead atoms. The topological polar surface area (TPSA) is 121 Å². The summed E-state index contributed by atoms with van der Waals surface area (Å²) in [7, 11) is 1.60. The van der Waals surface area contributed by atoms with Crippen LogP contribution in [0.4, 0.5) is 0 Å². The molecule has 0 saturated carbocycles. The lowest BCUT2D eigenvalue weighted by Gasteiger charge is -2.29. The van der Waals surface area contributed by atoms with Crippen molar-refractivity contribution in [3.63, 3.8) is 0 Å². The number of nitrogens with zero attached hydrogens (tertiary/aromatic N) is 2. The molecule has 1 heterocycles. The summed E-state index contributed by atoms with van der Waals surface area (Å²) in [6, 6.07) is 23.0. The van der Waals surface area contributed by atoms with Gasteiger partial charge >= 0.3 is 0 Å². The zero-order valence-electron chi connectivity index (χ0n) is 26.7. The minimum atomic E-state index is -0.859. The number of benzene rings is 3. The maximum atomic E-state index is 12.9. The number of carbonyl (C=O) groups is 2. The summed E-state index contributed by atoms with van der Waals surface area (Å²) in [5.74, 6) is 2.11. The number of ether oxygens (including phenoxy) is 3. The van der Waals surface area contributed by atoms with Crippen molar-refractivity contribution in [2.24, 2.45) is 0 Å². The summed E-state index contributed by atoms with van der Waals surface area (Å²) in [5.41, 5.74) is 1.99. The Kier molecular flexibility index (Phi) is 13.9. The minimum absolute atomic E-state index is 0.0697. The van der Waals surface area contributed by atoms with E-state index in [2.05, 4.69) is 16.3 Å². The van der Waals surface area contributed by atoms with Crippen molar-refractivity contribution in [1.82, 2.24) is 10.2 Å². The fourth-order valence-electron chi connectivity index (χ4n) is 5.53. The third-order valence-corrected chi connectivity index (χ3v) is 8.18. The molecule has 2 N–H and O–H groups in total. The summed E-state index contributed by atoms with van der Waals surface area (Å²) in [5, 5.41) is 23.3. The van der Waals surface area contributed by atoms with Gasteiger partial charge in [0.1, 0.15) is 36.6 Å². The Morgan fingerprint density at radius 3 is 1.98 bits per heavy atom. The molecule has 1 fully saturated rings. The highest BCUT2D eigenvalue weighted by Gasteiger charge is 2.26. The molecule has 46 heavy (non-hydrogen) atoms. The fourth-order valence-corrected chi connectivity index (χ4v) is 5.53. The summed E-state index contributed by atoms with van der Waals surface area (Å²) in [6.07, 6.45) is 5.52. The quantitative estimate of drug-likeness (QED) is 0.125. The van der Waals surface area contributed by atoms with Crippen LogP contribution in [0.3, 0.4) is 0 Å². The maximum absolute atomic E-state index is 12.9. The van der Waals surface area contributed by atoms with Crippen molar-refractivity contribution in [2.75, 3.05) is 40.0 Å².